The number of ketones is 1. The number of alkyl carbamates (subject to hydrolysis) is 1. The third-order valence-corrected chi connectivity index (χ3v) is 2.53. The van der Waals surface area contributed by atoms with Crippen molar-refractivity contribution in [2.45, 2.75) is 25.9 Å². The van der Waals surface area contributed by atoms with Gasteiger partial charge in [-0.2, -0.15) is 4.79 Å². The van der Waals surface area contributed by atoms with Gasteiger partial charge in [-0.1, -0.05) is 30.3 Å². The summed E-state index contributed by atoms with van der Waals surface area (Å²) in [6.07, 6.45) is 1.97. The van der Waals surface area contributed by atoms with Crippen molar-refractivity contribution < 1.29 is 19.1 Å². The number of carbonyl (C=O) groups is 2. The van der Waals surface area contributed by atoms with Crippen LogP contribution in [0.15, 0.2) is 30.3 Å². The maximum Gasteiger partial charge on any atom is 0.407 e. The van der Waals surface area contributed by atoms with Crippen LogP contribution in [0.3, 0.4) is 0 Å². The highest BCUT2D eigenvalue weighted by Crippen LogP contribution is 2.00. The first-order valence-corrected chi connectivity index (χ1v) is 6.37. The van der Waals surface area contributed by atoms with Crippen LogP contribution < -0.4 is 5.32 Å². The second kappa shape index (κ2) is 9.47. The molecule has 6 nitrogen and oxygen atoms in total. The number of unbranched alkanes of at least 4 members (excludes halogenated alkanes) is 1. The summed E-state index contributed by atoms with van der Waals surface area (Å²) in [7, 11) is 0. The number of carbonyl (C=O) groups excluding carboxylic acids is 2. The molecule has 0 spiro atoms. The Hall–Kier alpha value is -2.46. The van der Waals surface area contributed by atoms with E-state index in [1.807, 2.05) is 30.3 Å². The number of nitrogens with zero attached hydrogens (tertiary/aromatic N) is 2. The van der Waals surface area contributed by atoms with Gasteiger partial charge in [0.1, 0.15) is 6.61 Å². The molecule has 0 radical (unpaired) electrons. The summed E-state index contributed by atoms with van der Waals surface area (Å²) in [6.45, 7) is 0.676. The first-order valence-electron chi connectivity index (χ1n) is 6.37. The van der Waals surface area contributed by atoms with Gasteiger partial charge in [-0.3, -0.25) is 4.79 Å². The smallest absolute Gasteiger partial charge is 0.407 e. The van der Waals surface area contributed by atoms with Crippen LogP contribution in [-0.4, -0.2) is 29.4 Å². The summed E-state index contributed by atoms with van der Waals surface area (Å²) in [5, 5.41) is 2.60. The van der Waals surface area contributed by atoms with Crippen molar-refractivity contribution in [3.05, 3.63) is 41.4 Å². The summed E-state index contributed by atoms with van der Waals surface area (Å²) in [5.41, 5.74) is 9.07. The summed E-state index contributed by atoms with van der Waals surface area (Å²) in [6, 6.07) is 9.40. The molecule has 0 aliphatic heterocycles. The van der Waals surface area contributed by atoms with Gasteiger partial charge in [0.15, 0.2) is 0 Å². The molecule has 1 aromatic carbocycles. The zero-order valence-electron chi connectivity index (χ0n) is 11.1. The van der Waals surface area contributed by atoms with E-state index in [1.165, 1.54) is 0 Å². The van der Waals surface area contributed by atoms with E-state index >= 15 is 0 Å². The quantitative estimate of drug-likeness (QED) is 0.340. The number of hydrogen-bond donors (Lipinski definition) is 1. The summed E-state index contributed by atoms with van der Waals surface area (Å²) in [4.78, 5) is 25.0. The van der Waals surface area contributed by atoms with Gasteiger partial charge < -0.3 is 15.6 Å². The minimum Gasteiger partial charge on any atom is -0.445 e. The Balaban J connectivity index is 2.06. The molecule has 6 heteroatoms. The van der Waals surface area contributed by atoms with E-state index < -0.39 is 6.09 Å². The van der Waals surface area contributed by atoms with Gasteiger partial charge in [0.05, 0.1) is 0 Å². The molecule has 1 amide bonds. The van der Waals surface area contributed by atoms with Crippen molar-refractivity contribution in [2.24, 2.45) is 0 Å². The fraction of sp³-hybridized carbons (Fsp3) is 0.357. The molecule has 0 aromatic heterocycles. The van der Waals surface area contributed by atoms with E-state index in [4.69, 9.17) is 10.3 Å². The fourth-order valence-electron chi connectivity index (χ4n) is 1.52. The molecule has 106 valence electrons. The van der Waals surface area contributed by atoms with Crippen LogP contribution in [-0.2, 0) is 16.1 Å². The molecule has 1 rings (SSSR count). The van der Waals surface area contributed by atoms with Gasteiger partial charge in [0, 0.05) is 13.0 Å². The van der Waals surface area contributed by atoms with Gasteiger partial charge in [-0.05, 0) is 18.4 Å². The van der Waals surface area contributed by atoms with Crippen LogP contribution in [0.25, 0.3) is 5.53 Å². The Morgan fingerprint density at radius 1 is 1.25 bits per heavy atom. The molecular formula is C14H17N3O3. The van der Waals surface area contributed by atoms with E-state index in [0.29, 0.717) is 25.8 Å². The van der Waals surface area contributed by atoms with E-state index in [2.05, 4.69) is 10.1 Å². The topological polar surface area (TPSA) is 91.8 Å². The molecule has 0 saturated heterocycles. The first kappa shape index (κ1) is 15.6. The van der Waals surface area contributed by atoms with Gasteiger partial charge in [-0.25, -0.2) is 4.79 Å². The number of nitrogens with one attached hydrogen (secondary N) is 1. The Bertz CT molecular complexity index is 482. The third-order valence-electron chi connectivity index (χ3n) is 2.53. The van der Waals surface area contributed by atoms with E-state index in [-0.39, 0.29) is 12.4 Å². The molecule has 0 bridgehead atoms. The zero-order chi connectivity index (χ0) is 14.6. The molecule has 0 heterocycles. The normalized spacial score (nSPS) is 9.40. The maximum atomic E-state index is 11.4. The molecule has 1 N–H and O–H groups in total. The highest BCUT2D eigenvalue weighted by atomic mass is 16.5. The van der Waals surface area contributed by atoms with Crippen LogP contribution in [0.2, 0.25) is 0 Å². The summed E-state index contributed by atoms with van der Waals surface area (Å²) >= 11 is 0. The van der Waals surface area contributed by atoms with Crippen molar-refractivity contribution in [1.82, 2.24) is 5.32 Å². The van der Waals surface area contributed by atoms with Gasteiger partial charge in [0.2, 0.25) is 5.78 Å². The standard InChI is InChI=1S/C14H17N3O3/c15-17-10-13(18)8-4-5-9-16-14(19)20-11-12-6-2-1-3-7-12/h1-3,6-7,10H,4-5,8-9,11H2,(H,16,19). The monoisotopic (exact) mass is 275 g/mol. The molecule has 0 unspecified atom stereocenters. The van der Waals surface area contributed by atoms with Crippen LogP contribution in [0, 0.1) is 0 Å². The van der Waals surface area contributed by atoms with E-state index in [0.717, 1.165) is 11.8 Å². The lowest BCUT2D eigenvalue weighted by Gasteiger charge is -2.06. The SMILES string of the molecule is [N-]=[N+]=CC(=O)CCCCNC(=O)OCc1ccccc1. The molecule has 0 saturated carbocycles. The third kappa shape index (κ3) is 7.08. The van der Waals surface area contributed by atoms with Crippen molar-refractivity contribution in [3.63, 3.8) is 0 Å². The van der Waals surface area contributed by atoms with Crippen LogP contribution in [0.5, 0.6) is 0 Å². The van der Waals surface area contributed by atoms with Gasteiger partial charge >= 0.3 is 12.3 Å². The summed E-state index contributed by atoms with van der Waals surface area (Å²) in [5.74, 6) is -0.237. The average Bonchev–Trinajstić information content (AvgIpc) is 2.46. The van der Waals surface area contributed by atoms with Crippen molar-refractivity contribution in [3.8, 4) is 0 Å². The van der Waals surface area contributed by atoms with Crippen molar-refractivity contribution in [1.29, 1.82) is 0 Å². The number of hydrogen-bond acceptors (Lipinski definition) is 3. The molecule has 0 fully saturated rings. The van der Waals surface area contributed by atoms with Gasteiger partial charge in [-0.15, -0.1) is 0 Å². The second-order valence-electron chi connectivity index (χ2n) is 4.16. The minimum atomic E-state index is -0.475. The molecule has 1 aromatic rings. The lowest BCUT2D eigenvalue weighted by molar-refractivity contribution is -0.116. The van der Waals surface area contributed by atoms with Gasteiger partial charge in [0.25, 0.3) is 0 Å². The van der Waals surface area contributed by atoms with Crippen LogP contribution >= 0.6 is 0 Å². The lowest BCUT2D eigenvalue weighted by atomic mass is 10.2. The maximum absolute atomic E-state index is 11.4. The predicted octanol–water partition coefficient (Wildman–Crippen LogP) is 1.95. The Morgan fingerprint density at radius 3 is 2.70 bits per heavy atom. The molecule has 0 aliphatic carbocycles. The largest absolute Gasteiger partial charge is 0.445 e. The van der Waals surface area contributed by atoms with Crippen molar-refractivity contribution >= 4 is 18.1 Å². The zero-order valence-corrected chi connectivity index (χ0v) is 11.1. The number of benzene rings is 1. The molecular weight excluding hydrogens is 258 g/mol. The highest BCUT2D eigenvalue weighted by molar-refractivity contribution is 6.25. The van der Waals surface area contributed by atoms with E-state index in [1.54, 1.807) is 0 Å². The van der Waals surface area contributed by atoms with Crippen LogP contribution in [0.1, 0.15) is 24.8 Å². The Morgan fingerprint density at radius 2 is 2.00 bits per heavy atom. The Labute approximate surface area is 117 Å². The van der Waals surface area contributed by atoms with Crippen LogP contribution in [0.4, 0.5) is 4.79 Å². The minimum absolute atomic E-state index is 0.234. The van der Waals surface area contributed by atoms with Crippen molar-refractivity contribution in [2.75, 3.05) is 6.54 Å². The highest BCUT2D eigenvalue weighted by Gasteiger charge is 2.04. The molecule has 0 atom stereocenters. The Kier molecular flexibility index (Phi) is 7.38. The predicted molar refractivity (Wildman–Crippen MR) is 73.2 cm³/mol. The first-order chi connectivity index (χ1) is 9.72. The molecule has 0 aliphatic rings. The van der Waals surface area contributed by atoms with E-state index in [9.17, 15) is 9.59 Å². The lowest BCUT2D eigenvalue weighted by Crippen LogP contribution is -2.25. The number of Topliss-reactive ketones (excluding diaryl/α,β-unsaturated/α-hetero) is 1. The number of amides is 1. The average molecular weight is 275 g/mol. The second-order valence-corrected chi connectivity index (χ2v) is 4.16. The fourth-order valence-corrected chi connectivity index (χ4v) is 1.52. The summed E-state index contributed by atoms with van der Waals surface area (Å²) < 4.78 is 5.02. The number of ether oxygens (including phenoxy) is 1. The molecule has 20 heavy (non-hydrogen) atoms. The number of rotatable bonds is 8.